The molecule has 14 nitrogen and oxygen atoms in total. The summed E-state index contributed by atoms with van der Waals surface area (Å²) in [4.78, 5) is 49.8. The van der Waals surface area contributed by atoms with Crippen molar-refractivity contribution >= 4 is 33.6 Å². The topological polar surface area (TPSA) is 170 Å². The molecule has 63 heavy (non-hydrogen) atoms. The number of aromatic nitrogens is 4. The second-order valence-electron chi connectivity index (χ2n) is 18.7. The van der Waals surface area contributed by atoms with Crippen LogP contribution in [0.25, 0.3) is 44.2 Å². The predicted molar refractivity (Wildman–Crippen MR) is 242 cm³/mol. The van der Waals surface area contributed by atoms with Gasteiger partial charge in [0.1, 0.15) is 11.6 Å². The zero-order chi connectivity index (χ0) is 44.1. The largest absolute Gasteiger partial charge is 0.356 e. The number of benzene rings is 3. The van der Waals surface area contributed by atoms with Crippen LogP contribution in [0.3, 0.4) is 0 Å². The van der Waals surface area contributed by atoms with E-state index in [1.54, 1.807) is 14.2 Å². The highest BCUT2D eigenvalue weighted by Crippen LogP contribution is 2.48. The Morgan fingerprint density at radius 2 is 1.35 bits per heavy atom. The van der Waals surface area contributed by atoms with Gasteiger partial charge in [0.15, 0.2) is 0 Å². The van der Waals surface area contributed by atoms with Crippen LogP contribution in [0, 0.1) is 11.8 Å². The molecule has 5 atom stereocenters. The number of likely N-dealkylation sites (tertiary alicyclic amines) is 2. The highest BCUT2D eigenvalue weighted by atomic mass is 16.7. The van der Waals surface area contributed by atoms with Crippen molar-refractivity contribution in [2.75, 3.05) is 34.4 Å². The summed E-state index contributed by atoms with van der Waals surface area (Å²) >= 11 is 0. The molecule has 3 aromatic carbocycles. The maximum absolute atomic E-state index is 14.2. The number of hydrogen-bond donors (Lipinski definition) is 5. The summed E-state index contributed by atoms with van der Waals surface area (Å²) < 4.78 is 15.8. The number of aliphatic hydroxyl groups is 1. The van der Waals surface area contributed by atoms with Crippen molar-refractivity contribution in [1.82, 2.24) is 40.4 Å². The zero-order valence-corrected chi connectivity index (χ0v) is 37.8. The molecule has 5 N–H and O–H groups in total. The second kappa shape index (κ2) is 18.1. The Balaban J connectivity index is 0.997. The molecule has 1 unspecified atom stereocenters. The molecule has 336 valence electrons. The van der Waals surface area contributed by atoms with Crippen LogP contribution in [-0.2, 0) is 36.6 Å². The summed E-state index contributed by atoms with van der Waals surface area (Å²) in [7, 11) is 4.55. The Morgan fingerprint density at radius 1 is 0.730 bits per heavy atom. The van der Waals surface area contributed by atoms with Crippen molar-refractivity contribution in [3.63, 3.8) is 0 Å². The first-order valence-electron chi connectivity index (χ1n) is 23.1. The Morgan fingerprint density at radius 3 is 1.97 bits per heavy atom. The number of carbonyl (C=O) groups is 2. The van der Waals surface area contributed by atoms with Gasteiger partial charge in [-0.3, -0.25) is 20.2 Å². The van der Waals surface area contributed by atoms with E-state index in [0.29, 0.717) is 19.0 Å². The zero-order valence-electron chi connectivity index (χ0n) is 37.8. The number of amides is 2. The lowest BCUT2D eigenvalue weighted by molar-refractivity contribution is -0.151. The fourth-order valence-electron chi connectivity index (χ4n) is 10.5. The SMILES string of the molecule is COC(O)N[C@H](C(=O)N1CCC[C@H]1c1nc2c(ccc3cc(-c4ccc(-c5nc([C@@H]6CCCN6C(=O)[C@@H](NC(OC)OC)C(C)C)[nH]c5C5CC5)c5c4CCC5)ccc32)[nH]1)C(C)C. The summed E-state index contributed by atoms with van der Waals surface area (Å²) in [5, 5.41) is 18.5. The van der Waals surface area contributed by atoms with Gasteiger partial charge < -0.3 is 39.1 Å². The molecule has 0 radical (unpaired) electrons. The van der Waals surface area contributed by atoms with Gasteiger partial charge in [0, 0.05) is 57.0 Å². The highest BCUT2D eigenvalue weighted by molar-refractivity contribution is 6.05. The summed E-state index contributed by atoms with van der Waals surface area (Å²) in [5.74, 6) is 2.12. The molecule has 2 amide bonds. The number of fused-ring (bicyclic) bond motifs is 4. The lowest BCUT2D eigenvalue weighted by Crippen LogP contribution is -2.53. The van der Waals surface area contributed by atoms with Crippen LogP contribution in [0.5, 0.6) is 0 Å². The Labute approximate surface area is 369 Å². The first-order valence-corrected chi connectivity index (χ1v) is 23.1. The number of nitrogens with zero attached hydrogens (tertiary/aromatic N) is 4. The van der Waals surface area contributed by atoms with Crippen molar-refractivity contribution in [1.29, 1.82) is 0 Å². The number of ether oxygens (including phenoxy) is 3. The smallest absolute Gasteiger partial charge is 0.240 e. The minimum atomic E-state index is -1.22. The molecule has 2 saturated heterocycles. The van der Waals surface area contributed by atoms with E-state index in [2.05, 4.69) is 63.1 Å². The Kier molecular flexibility index (Phi) is 12.5. The van der Waals surface area contributed by atoms with Gasteiger partial charge in [-0.05, 0) is 109 Å². The lowest BCUT2D eigenvalue weighted by Gasteiger charge is -2.32. The van der Waals surface area contributed by atoms with Crippen LogP contribution in [0.1, 0.15) is 119 Å². The number of hydrogen-bond acceptors (Lipinski definition) is 10. The summed E-state index contributed by atoms with van der Waals surface area (Å²) in [5.41, 5.74) is 10.5. The van der Waals surface area contributed by atoms with Gasteiger partial charge in [0.2, 0.25) is 24.6 Å². The summed E-state index contributed by atoms with van der Waals surface area (Å²) in [6, 6.07) is 14.2. The number of nitrogens with one attached hydrogen (secondary N) is 4. The number of methoxy groups -OCH3 is 3. The van der Waals surface area contributed by atoms with Crippen LogP contribution in [0.15, 0.2) is 42.5 Å². The highest BCUT2D eigenvalue weighted by Gasteiger charge is 2.41. The van der Waals surface area contributed by atoms with E-state index in [1.165, 1.54) is 40.6 Å². The van der Waals surface area contributed by atoms with Crippen molar-refractivity contribution in [2.24, 2.45) is 11.8 Å². The van der Waals surface area contributed by atoms with E-state index >= 15 is 0 Å². The van der Waals surface area contributed by atoms with Crippen molar-refractivity contribution < 1.29 is 28.9 Å². The molecular formula is C49H64N8O6. The normalized spacial score (nSPS) is 20.6. The number of rotatable bonds is 16. The standard InChI is InChI=1S/C49H64N8O6/c1-26(2)39(54-48(60)61-5)46(58)56-23-9-13-37(56)44-50-36-22-18-30-25-29(17-19-32(30)42(36)52-44)31-20-21-35(34-12-8-11-33(31)34)43-41(28-15-16-28)51-45(53-43)38-14-10-24-57(38)47(59)40(27(3)4)55-49(62-6)63-7/h17-22,25-28,37-40,48-49,54-55,60H,8-16,23-24H2,1-7H3,(H,50,52)(H,51,53)/t37-,38-,39-,40-,48?/m0/s1. The summed E-state index contributed by atoms with van der Waals surface area (Å²) in [6.45, 7) is 9.35. The molecule has 2 aromatic heterocycles. The third kappa shape index (κ3) is 8.30. The van der Waals surface area contributed by atoms with E-state index in [1.807, 2.05) is 37.5 Å². The minimum Gasteiger partial charge on any atom is -0.356 e. The Hall–Kier alpha value is -4.70. The van der Waals surface area contributed by atoms with Crippen molar-refractivity contribution in [3.05, 3.63) is 70.9 Å². The van der Waals surface area contributed by atoms with Crippen molar-refractivity contribution in [3.8, 4) is 22.4 Å². The second-order valence-corrected chi connectivity index (χ2v) is 18.7. The van der Waals surface area contributed by atoms with Crippen LogP contribution < -0.4 is 10.6 Å². The van der Waals surface area contributed by atoms with Gasteiger partial charge in [-0.15, -0.1) is 0 Å². The number of imidazole rings is 2. The summed E-state index contributed by atoms with van der Waals surface area (Å²) in [6.07, 6.45) is 7.00. The van der Waals surface area contributed by atoms with Gasteiger partial charge in [-0.25, -0.2) is 9.97 Å². The first kappa shape index (κ1) is 43.5. The van der Waals surface area contributed by atoms with Crippen LogP contribution >= 0.6 is 0 Å². The molecule has 1 saturated carbocycles. The van der Waals surface area contributed by atoms with E-state index in [9.17, 15) is 14.7 Å². The van der Waals surface area contributed by atoms with Crippen LogP contribution in [0.2, 0.25) is 0 Å². The van der Waals surface area contributed by atoms with E-state index < -0.39 is 24.9 Å². The number of aliphatic hydroxyl groups excluding tert-OH is 1. The maximum atomic E-state index is 14.2. The van der Waals surface area contributed by atoms with E-state index in [4.69, 9.17) is 24.2 Å². The number of carbonyl (C=O) groups excluding carboxylic acids is 2. The molecule has 0 bridgehead atoms. The fraction of sp³-hybridized carbons (Fsp3) is 0.551. The molecule has 3 fully saturated rings. The molecule has 2 aliphatic carbocycles. The maximum Gasteiger partial charge on any atom is 0.240 e. The fourth-order valence-corrected chi connectivity index (χ4v) is 10.5. The first-order chi connectivity index (χ1) is 30.5. The number of aromatic amines is 2. The molecular weight excluding hydrogens is 797 g/mol. The number of H-pyrrole nitrogens is 2. The van der Waals surface area contributed by atoms with E-state index in [-0.39, 0.29) is 35.7 Å². The molecule has 0 spiro atoms. The Bertz CT molecular complexity index is 2470. The minimum absolute atomic E-state index is 0.0419. The van der Waals surface area contributed by atoms with Crippen LogP contribution in [0.4, 0.5) is 0 Å². The quantitative estimate of drug-likeness (QED) is 0.0640. The van der Waals surface area contributed by atoms with Gasteiger partial charge >= 0.3 is 0 Å². The van der Waals surface area contributed by atoms with Gasteiger partial charge in [-0.1, -0.05) is 58.0 Å². The molecule has 5 aromatic rings. The molecule has 2 aliphatic heterocycles. The molecule has 14 heteroatoms. The monoisotopic (exact) mass is 860 g/mol. The van der Waals surface area contributed by atoms with Gasteiger partial charge in [0.05, 0.1) is 40.9 Å². The third-order valence-corrected chi connectivity index (χ3v) is 13.9. The average molecular weight is 861 g/mol. The van der Waals surface area contributed by atoms with E-state index in [0.717, 1.165) is 96.9 Å². The lowest BCUT2D eigenvalue weighted by atomic mass is 9.90. The van der Waals surface area contributed by atoms with Crippen LogP contribution in [-0.4, -0.2) is 106 Å². The van der Waals surface area contributed by atoms with Gasteiger partial charge in [0.25, 0.3) is 0 Å². The van der Waals surface area contributed by atoms with Gasteiger partial charge in [-0.2, -0.15) is 0 Å². The predicted octanol–water partition coefficient (Wildman–Crippen LogP) is 7.19. The molecule has 4 heterocycles. The molecule has 4 aliphatic rings. The third-order valence-electron chi connectivity index (χ3n) is 13.9. The molecule has 9 rings (SSSR count). The van der Waals surface area contributed by atoms with Crippen molar-refractivity contribution in [2.45, 2.75) is 128 Å². The average Bonchev–Trinajstić information content (AvgIpc) is 3.88.